The number of hydrogen-bond donors (Lipinski definition) is 1. The number of aromatic nitrogens is 1. The first-order chi connectivity index (χ1) is 9.78. The Hall–Kier alpha value is -0.450. The van der Waals surface area contributed by atoms with E-state index in [-0.39, 0.29) is 11.6 Å². The van der Waals surface area contributed by atoms with E-state index in [1.807, 2.05) is 11.3 Å². The van der Waals surface area contributed by atoms with Gasteiger partial charge in [0.15, 0.2) is 0 Å². The lowest BCUT2D eigenvalue weighted by molar-refractivity contribution is 0.0292. The normalized spacial score (nSPS) is 13.9. The molecule has 1 aromatic heterocycles. The Morgan fingerprint density at radius 3 is 2.38 bits per heavy atom. The van der Waals surface area contributed by atoms with E-state index in [1.165, 1.54) is 10.6 Å². The Morgan fingerprint density at radius 1 is 1.24 bits per heavy atom. The van der Waals surface area contributed by atoms with Crippen molar-refractivity contribution in [1.29, 1.82) is 0 Å². The molecule has 0 spiro atoms. The second-order valence-corrected chi connectivity index (χ2v) is 8.01. The van der Waals surface area contributed by atoms with Crippen molar-refractivity contribution in [3.63, 3.8) is 0 Å². The summed E-state index contributed by atoms with van der Waals surface area (Å²) in [5.41, 5.74) is 1.38. The lowest BCUT2D eigenvalue weighted by Crippen LogP contribution is -2.35. The van der Waals surface area contributed by atoms with Crippen molar-refractivity contribution in [3.8, 4) is 0 Å². The number of nitrogens with one attached hydrogen (secondary N) is 1. The highest BCUT2D eigenvalue weighted by atomic mass is 32.1. The summed E-state index contributed by atoms with van der Waals surface area (Å²) >= 11 is 1.82. The molecule has 122 valence electrons. The van der Waals surface area contributed by atoms with Crippen LogP contribution >= 0.6 is 11.3 Å². The molecule has 0 aliphatic carbocycles. The fourth-order valence-electron chi connectivity index (χ4n) is 2.17. The largest absolute Gasteiger partial charge is 0.371 e. The van der Waals surface area contributed by atoms with Crippen molar-refractivity contribution in [3.05, 3.63) is 15.6 Å². The molecule has 1 heterocycles. The number of thiazole rings is 1. The minimum Gasteiger partial charge on any atom is -0.371 e. The fourth-order valence-corrected chi connectivity index (χ4v) is 3.44. The summed E-state index contributed by atoms with van der Waals surface area (Å²) in [7, 11) is 0. The zero-order valence-electron chi connectivity index (χ0n) is 14.7. The third-order valence-electron chi connectivity index (χ3n) is 3.26. The molecule has 4 heteroatoms. The lowest BCUT2D eigenvalue weighted by atomic mass is 10.1. The standard InChI is InChI=1S/C17H32N2OS/c1-8-10-13-14(11-18-17(5,6)7)21-16(19-13)15(12(3)4)20-9-2/h12,15,18H,8-11H2,1-7H3. The molecule has 0 radical (unpaired) electrons. The van der Waals surface area contributed by atoms with E-state index in [1.54, 1.807) is 0 Å². The smallest absolute Gasteiger partial charge is 0.122 e. The highest BCUT2D eigenvalue weighted by Crippen LogP contribution is 2.32. The monoisotopic (exact) mass is 312 g/mol. The van der Waals surface area contributed by atoms with Crippen LogP contribution in [0.4, 0.5) is 0 Å². The molecule has 1 N–H and O–H groups in total. The molecule has 21 heavy (non-hydrogen) atoms. The van der Waals surface area contributed by atoms with Gasteiger partial charge in [-0.25, -0.2) is 4.98 Å². The van der Waals surface area contributed by atoms with E-state index in [4.69, 9.17) is 9.72 Å². The van der Waals surface area contributed by atoms with E-state index in [0.29, 0.717) is 5.92 Å². The number of ether oxygens (including phenoxy) is 1. The Morgan fingerprint density at radius 2 is 1.90 bits per heavy atom. The Bertz CT molecular complexity index is 421. The molecule has 0 bridgehead atoms. The molecule has 0 saturated heterocycles. The van der Waals surface area contributed by atoms with E-state index < -0.39 is 0 Å². The average molecular weight is 313 g/mol. The predicted octanol–water partition coefficient (Wildman–Crippen LogP) is 4.72. The number of hydrogen-bond acceptors (Lipinski definition) is 4. The molecule has 0 saturated carbocycles. The van der Waals surface area contributed by atoms with E-state index in [9.17, 15) is 0 Å². The van der Waals surface area contributed by atoms with E-state index >= 15 is 0 Å². The number of aryl methyl sites for hydroxylation is 1. The van der Waals surface area contributed by atoms with Crippen LogP contribution < -0.4 is 5.32 Å². The molecule has 0 aliphatic heterocycles. The third-order valence-corrected chi connectivity index (χ3v) is 4.42. The van der Waals surface area contributed by atoms with Crippen molar-refractivity contribution >= 4 is 11.3 Å². The minimum absolute atomic E-state index is 0.124. The Kier molecular flexibility index (Phi) is 7.31. The van der Waals surface area contributed by atoms with Gasteiger partial charge in [0.1, 0.15) is 11.1 Å². The van der Waals surface area contributed by atoms with Crippen LogP contribution in [0.3, 0.4) is 0 Å². The van der Waals surface area contributed by atoms with Gasteiger partial charge in [-0.05, 0) is 40.0 Å². The fraction of sp³-hybridized carbons (Fsp3) is 0.824. The van der Waals surface area contributed by atoms with Gasteiger partial charge < -0.3 is 10.1 Å². The van der Waals surface area contributed by atoms with Gasteiger partial charge in [-0.15, -0.1) is 11.3 Å². The first-order valence-electron chi connectivity index (χ1n) is 8.13. The number of rotatable bonds is 8. The summed E-state index contributed by atoms with van der Waals surface area (Å²) in [5.74, 6) is 0.453. The maximum Gasteiger partial charge on any atom is 0.122 e. The summed E-state index contributed by atoms with van der Waals surface area (Å²) < 4.78 is 5.91. The molecule has 0 amide bonds. The minimum atomic E-state index is 0.124. The van der Waals surface area contributed by atoms with Gasteiger partial charge in [-0.2, -0.15) is 0 Å². The second-order valence-electron chi connectivity index (χ2n) is 6.90. The first kappa shape index (κ1) is 18.6. The summed E-state index contributed by atoms with van der Waals surface area (Å²) in [4.78, 5) is 6.26. The van der Waals surface area contributed by atoms with Gasteiger partial charge >= 0.3 is 0 Å². The topological polar surface area (TPSA) is 34.1 Å². The van der Waals surface area contributed by atoms with Crippen LogP contribution in [0.15, 0.2) is 0 Å². The van der Waals surface area contributed by atoms with E-state index in [0.717, 1.165) is 31.0 Å². The molecule has 0 aromatic carbocycles. The van der Waals surface area contributed by atoms with Crippen LogP contribution in [-0.4, -0.2) is 17.1 Å². The number of nitrogens with zero attached hydrogens (tertiary/aromatic N) is 1. The summed E-state index contributed by atoms with van der Waals surface area (Å²) in [6, 6.07) is 0. The summed E-state index contributed by atoms with van der Waals surface area (Å²) in [5, 5.41) is 4.72. The SMILES string of the molecule is CCCc1nc(C(OCC)C(C)C)sc1CNC(C)(C)C. The maximum atomic E-state index is 5.91. The van der Waals surface area contributed by atoms with Crippen LogP contribution in [0, 0.1) is 5.92 Å². The van der Waals surface area contributed by atoms with Crippen LogP contribution in [0.5, 0.6) is 0 Å². The van der Waals surface area contributed by atoms with Gasteiger partial charge in [0, 0.05) is 23.6 Å². The summed E-state index contributed by atoms with van der Waals surface area (Å²) in [6.07, 6.45) is 2.31. The second kappa shape index (κ2) is 8.25. The highest BCUT2D eigenvalue weighted by Gasteiger charge is 2.22. The molecule has 1 aromatic rings. The maximum absolute atomic E-state index is 5.91. The van der Waals surface area contributed by atoms with E-state index in [2.05, 4.69) is 53.8 Å². The molecule has 1 unspecified atom stereocenters. The van der Waals surface area contributed by atoms with Crippen molar-refractivity contribution in [2.45, 2.75) is 79.5 Å². The third kappa shape index (κ3) is 6.05. The molecule has 0 aliphatic rings. The van der Waals surface area contributed by atoms with Crippen molar-refractivity contribution in [1.82, 2.24) is 10.3 Å². The zero-order chi connectivity index (χ0) is 16.0. The molecule has 3 nitrogen and oxygen atoms in total. The lowest BCUT2D eigenvalue weighted by Gasteiger charge is -2.20. The van der Waals surface area contributed by atoms with Crippen LogP contribution in [0.25, 0.3) is 0 Å². The first-order valence-corrected chi connectivity index (χ1v) is 8.95. The quantitative estimate of drug-likeness (QED) is 0.754. The molecular weight excluding hydrogens is 280 g/mol. The Labute approximate surface area is 134 Å². The van der Waals surface area contributed by atoms with Crippen LogP contribution in [0.1, 0.15) is 76.6 Å². The highest BCUT2D eigenvalue weighted by molar-refractivity contribution is 7.11. The Balaban J connectivity index is 2.96. The van der Waals surface area contributed by atoms with Crippen molar-refractivity contribution in [2.75, 3.05) is 6.61 Å². The van der Waals surface area contributed by atoms with Crippen LogP contribution in [-0.2, 0) is 17.7 Å². The van der Waals surface area contributed by atoms with Gasteiger partial charge in [0.25, 0.3) is 0 Å². The average Bonchev–Trinajstić information content (AvgIpc) is 2.75. The molecule has 1 rings (SSSR count). The van der Waals surface area contributed by atoms with Gasteiger partial charge in [0.2, 0.25) is 0 Å². The molecule has 0 fully saturated rings. The van der Waals surface area contributed by atoms with Gasteiger partial charge in [-0.1, -0.05) is 27.2 Å². The zero-order valence-corrected chi connectivity index (χ0v) is 15.6. The van der Waals surface area contributed by atoms with Gasteiger partial charge in [0.05, 0.1) is 5.69 Å². The van der Waals surface area contributed by atoms with Gasteiger partial charge in [-0.3, -0.25) is 0 Å². The van der Waals surface area contributed by atoms with Crippen LogP contribution in [0.2, 0.25) is 0 Å². The van der Waals surface area contributed by atoms with Crippen molar-refractivity contribution < 1.29 is 4.74 Å². The predicted molar refractivity (Wildman–Crippen MR) is 91.9 cm³/mol. The molecule has 1 atom stereocenters. The van der Waals surface area contributed by atoms with Crippen molar-refractivity contribution in [2.24, 2.45) is 5.92 Å². The molecular formula is C17H32N2OS. The summed E-state index contributed by atoms with van der Waals surface area (Å²) in [6.45, 7) is 16.9.